The zero-order chi connectivity index (χ0) is 20.4. The fourth-order valence-corrected chi connectivity index (χ4v) is 5.18. The van der Waals surface area contributed by atoms with Gasteiger partial charge in [-0.1, -0.05) is 24.3 Å². The molecule has 1 spiro atoms. The summed E-state index contributed by atoms with van der Waals surface area (Å²) in [4.78, 5) is 18.8. The zero-order valence-corrected chi connectivity index (χ0v) is 17.4. The average Bonchev–Trinajstić information content (AvgIpc) is 2.74. The van der Waals surface area contributed by atoms with Crippen molar-refractivity contribution in [3.63, 3.8) is 0 Å². The third kappa shape index (κ3) is 3.76. The number of fused-ring (bicyclic) bond motifs is 1. The highest BCUT2D eigenvalue weighted by Gasteiger charge is 2.41. The number of aromatic hydroxyl groups is 1. The van der Waals surface area contributed by atoms with Crippen LogP contribution in [0.25, 0.3) is 0 Å². The first-order valence-corrected chi connectivity index (χ1v) is 10.8. The Morgan fingerprint density at radius 3 is 2.62 bits per heavy atom. The maximum Gasteiger partial charge on any atom is 0.272 e. The Morgan fingerprint density at radius 1 is 1.21 bits per heavy atom. The fourth-order valence-electron chi connectivity index (χ4n) is 5.18. The molecule has 2 aliphatic rings. The Labute approximate surface area is 173 Å². The summed E-state index contributed by atoms with van der Waals surface area (Å²) in [5.41, 5.74) is 4.10. The van der Waals surface area contributed by atoms with Crippen molar-refractivity contribution in [2.75, 3.05) is 26.2 Å². The minimum absolute atomic E-state index is 0.114. The summed E-state index contributed by atoms with van der Waals surface area (Å²) in [5, 5.41) is 14.4. The van der Waals surface area contributed by atoms with Crippen LogP contribution in [-0.4, -0.2) is 47.1 Å². The van der Waals surface area contributed by atoms with Crippen LogP contribution >= 0.6 is 0 Å². The molecule has 0 saturated carbocycles. The second-order valence-electron chi connectivity index (χ2n) is 8.49. The maximum absolute atomic E-state index is 12.6. The number of nitrogens with zero attached hydrogens (tertiary/aromatic N) is 2. The van der Waals surface area contributed by atoms with E-state index in [1.165, 1.54) is 11.1 Å². The van der Waals surface area contributed by atoms with E-state index < -0.39 is 0 Å². The lowest BCUT2D eigenvalue weighted by molar-refractivity contribution is 0.0766. The number of hydrogen-bond donors (Lipinski definition) is 2. The van der Waals surface area contributed by atoms with Crippen molar-refractivity contribution in [3.8, 4) is 5.75 Å². The predicted octanol–water partition coefficient (Wildman–Crippen LogP) is 3.72. The van der Waals surface area contributed by atoms with Gasteiger partial charge in [-0.25, -0.2) is 0 Å². The molecule has 0 radical (unpaired) electrons. The second-order valence-corrected chi connectivity index (χ2v) is 8.49. The number of piperidine rings is 1. The molecule has 2 aromatic rings. The molecule has 1 saturated heterocycles. The van der Waals surface area contributed by atoms with Crippen molar-refractivity contribution in [1.82, 2.24) is 15.2 Å². The Balaban J connectivity index is 1.70. The molecule has 154 valence electrons. The third-order valence-electron chi connectivity index (χ3n) is 6.85. The first-order chi connectivity index (χ1) is 14.1. The van der Waals surface area contributed by atoms with Gasteiger partial charge in [0.1, 0.15) is 11.4 Å². The van der Waals surface area contributed by atoms with Gasteiger partial charge in [0, 0.05) is 36.8 Å². The predicted molar refractivity (Wildman–Crippen MR) is 114 cm³/mol. The van der Waals surface area contributed by atoms with Gasteiger partial charge in [0.15, 0.2) is 0 Å². The van der Waals surface area contributed by atoms with Crippen molar-refractivity contribution in [1.29, 1.82) is 0 Å². The van der Waals surface area contributed by atoms with E-state index >= 15 is 0 Å². The van der Waals surface area contributed by atoms with Gasteiger partial charge in [0.25, 0.3) is 5.91 Å². The van der Waals surface area contributed by atoms with Crippen LogP contribution in [0.15, 0.2) is 36.5 Å². The van der Waals surface area contributed by atoms with E-state index in [9.17, 15) is 9.90 Å². The summed E-state index contributed by atoms with van der Waals surface area (Å²) in [6.45, 7) is 7.27. The number of hydrogen-bond acceptors (Lipinski definition) is 4. The molecule has 1 unspecified atom stereocenters. The van der Waals surface area contributed by atoms with Crippen LogP contribution < -0.4 is 5.32 Å². The summed E-state index contributed by atoms with van der Waals surface area (Å²) in [5.74, 6) is 0.167. The van der Waals surface area contributed by atoms with E-state index in [-0.39, 0.29) is 23.0 Å². The molecule has 1 aromatic carbocycles. The van der Waals surface area contributed by atoms with Crippen molar-refractivity contribution >= 4 is 5.91 Å². The number of carbonyl (C=O) groups is 1. The first kappa shape index (κ1) is 19.9. The highest BCUT2D eigenvalue weighted by Crippen LogP contribution is 2.50. The molecule has 1 atom stereocenters. The van der Waals surface area contributed by atoms with E-state index in [1.807, 2.05) is 13.8 Å². The molecule has 1 amide bonds. The zero-order valence-electron chi connectivity index (χ0n) is 17.4. The monoisotopic (exact) mass is 393 g/mol. The van der Waals surface area contributed by atoms with Crippen LogP contribution in [0.2, 0.25) is 0 Å². The molecule has 5 heteroatoms. The van der Waals surface area contributed by atoms with Crippen LogP contribution in [0.1, 0.15) is 66.2 Å². The molecule has 1 aliphatic heterocycles. The molecule has 5 nitrogen and oxygen atoms in total. The van der Waals surface area contributed by atoms with E-state index in [0.717, 1.165) is 44.3 Å². The fraction of sp³-hybridized carbons (Fsp3) is 0.500. The lowest BCUT2D eigenvalue weighted by atomic mass is 9.62. The molecular weight excluding hydrogens is 362 g/mol. The second kappa shape index (κ2) is 8.15. The van der Waals surface area contributed by atoms with Gasteiger partial charge in [-0.3, -0.25) is 9.78 Å². The van der Waals surface area contributed by atoms with Gasteiger partial charge in [0.05, 0.1) is 0 Å². The minimum atomic E-state index is -0.129. The number of carbonyl (C=O) groups excluding carboxylic acids is 1. The Hall–Kier alpha value is -2.40. The maximum atomic E-state index is 12.6. The highest BCUT2D eigenvalue weighted by molar-refractivity contribution is 5.92. The van der Waals surface area contributed by atoms with Crippen LogP contribution in [0.5, 0.6) is 5.75 Å². The van der Waals surface area contributed by atoms with Gasteiger partial charge in [0.2, 0.25) is 0 Å². The number of pyridine rings is 1. The molecule has 1 fully saturated rings. The molecule has 4 rings (SSSR count). The normalized spacial score (nSPS) is 20.3. The molecule has 2 N–H and O–H groups in total. The first-order valence-electron chi connectivity index (χ1n) is 10.8. The minimum Gasteiger partial charge on any atom is -0.508 e. The standard InChI is InChI=1S/C24H31N3O2/c1-3-27(4-2)23(29)21-13-22(28)20(16-26-21)19-15-24(9-11-25-12-10-24)14-17-7-5-6-8-18(17)19/h5-8,13,16,19,25H,3-4,9-12,14-15H2,1-2H3,(H,26,28). The summed E-state index contributed by atoms with van der Waals surface area (Å²) in [7, 11) is 0. The van der Waals surface area contributed by atoms with Crippen LogP contribution in [0.3, 0.4) is 0 Å². The number of nitrogens with one attached hydrogen (secondary N) is 1. The van der Waals surface area contributed by atoms with Gasteiger partial charge in [-0.2, -0.15) is 0 Å². The van der Waals surface area contributed by atoms with Gasteiger partial charge in [-0.05, 0) is 69.2 Å². The number of aromatic nitrogens is 1. The van der Waals surface area contributed by atoms with Gasteiger partial charge >= 0.3 is 0 Å². The average molecular weight is 394 g/mol. The smallest absolute Gasteiger partial charge is 0.272 e. The van der Waals surface area contributed by atoms with Crippen molar-refractivity contribution < 1.29 is 9.90 Å². The summed E-state index contributed by atoms with van der Waals surface area (Å²) < 4.78 is 0. The Kier molecular flexibility index (Phi) is 5.59. The number of amides is 1. The van der Waals surface area contributed by atoms with E-state index in [4.69, 9.17) is 0 Å². The van der Waals surface area contributed by atoms with E-state index in [2.05, 4.69) is 34.6 Å². The van der Waals surface area contributed by atoms with Crippen LogP contribution in [-0.2, 0) is 6.42 Å². The Bertz CT molecular complexity index is 885. The van der Waals surface area contributed by atoms with E-state index in [0.29, 0.717) is 18.8 Å². The number of rotatable bonds is 4. The van der Waals surface area contributed by atoms with Gasteiger partial charge < -0.3 is 15.3 Å². The van der Waals surface area contributed by atoms with Crippen LogP contribution in [0, 0.1) is 5.41 Å². The SMILES string of the molecule is CCN(CC)C(=O)c1cc(O)c(C2CC3(CCNCC3)Cc3ccccc32)cn1. The van der Waals surface area contributed by atoms with Crippen LogP contribution in [0.4, 0.5) is 0 Å². The van der Waals surface area contributed by atoms with Crippen molar-refractivity contribution in [3.05, 3.63) is 58.9 Å². The van der Waals surface area contributed by atoms with Gasteiger partial charge in [-0.15, -0.1) is 0 Å². The van der Waals surface area contributed by atoms with Crippen molar-refractivity contribution in [2.24, 2.45) is 5.41 Å². The lowest BCUT2D eigenvalue weighted by Crippen LogP contribution is -2.41. The molecular formula is C24H31N3O2. The van der Waals surface area contributed by atoms with Crippen molar-refractivity contribution in [2.45, 2.75) is 45.4 Å². The summed E-state index contributed by atoms with van der Waals surface area (Å²) in [6, 6.07) is 10.2. The molecule has 29 heavy (non-hydrogen) atoms. The quantitative estimate of drug-likeness (QED) is 0.831. The topological polar surface area (TPSA) is 65.5 Å². The lowest BCUT2D eigenvalue weighted by Gasteiger charge is -2.45. The third-order valence-corrected chi connectivity index (χ3v) is 6.85. The highest BCUT2D eigenvalue weighted by atomic mass is 16.3. The van der Waals surface area contributed by atoms with E-state index in [1.54, 1.807) is 17.2 Å². The summed E-state index contributed by atoms with van der Waals surface area (Å²) >= 11 is 0. The Morgan fingerprint density at radius 2 is 1.93 bits per heavy atom. The molecule has 0 bridgehead atoms. The molecule has 1 aliphatic carbocycles. The largest absolute Gasteiger partial charge is 0.508 e. The molecule has 1 aromatic heterocycles. The summed E-state index contributed by atoms with van der Waals surface area (Å²) in [6.07, 6.45) is 6.17. The number of benzene rings is 1. The molecule has 2 heterocycles.